The lowest BCUT2D eigenvalue weighted by molar-refractivity contribution is -0.697. The van der Waals surface area contributed by atoms with Gasteiger partial charge < -0.3 is 5.11 Å². The summed E-state index contributed by atoms with van der Waals surface area (Å²) in [6.45, 7) is 8.93. The first kappa shape index (κ1) is 15.7. The molecule has 0 aromatic carbocycles. The van der Waals surface area contributed by atoms with Gasteiger partial charge in [-0.1, -0.05) is 20.3 Å². The van der Waals surface area contributed by atoms with Crippen molar-refractivity contribution in [1.82, 2.24) is 5.43 Å². The van der Waals surface area contributed by atoms with Gasteiger partial charge in [-0.15, -0.1) is 5.43 Å². The molecule has 4 heteroatoms. The van der Waals surface area contributed by atoms with E-state index >= 15 is 0 Å². The maximum absolute atomic E-state index is 12.9. The van der Waals surface area contributed by atoms with Crippen molar-refractivity contribution < 1.29 is 9.98 Å². The normalized spacial score (nSPS) is 31.6. The molecule has 0 bridgehead atoms. The molecule has 1 atom stereocenters. The van der Waals surface area contributed by atoms with Gasteiger partial charge in [0, 0.05) is 25.4 Å². The first-order valence-electron chi connectivity index (χ1n) is 8.10. The number of hydrogen-bond donors (Lipinski definition) is 2. The predicted molar refractivity (Wildman–Crippen MR) is 80.2 cm³/mol. The summed E-state index contributed by atoms with van der Waals surface area (Å²) in [6, 6.07) is 0. The molecule has 1 saturated heterocycles. The van der Waals surface area contributed by atoms with E-state index < -0.39 is 0 Å². The van der Waals surface area contributed by atoms with Crippen LogP contribution in [-0.4, -0.2) is 27.7 Å². The van der Waals surface area contributed by atoms with Gasteiger partial charge in [0.15, 0.2) is 0 Å². The van der Waals surface area contributed by atoms with Crippen LogP contribution >= 0.6 is 0 Å². The van der Waals surface area contributed by atoms with Crippen molar-refractivity contribution >= 4 is 0 Å². The summed E-state index contributed by atoms with van der Waals surface area (Å²) < 4.78 is 0. The lowest BCUT2D eigenvalue weighted by Gasteiger charge is -2.41. The van der Waals surface area contributed by atoms with Gasteiger partial charge >= 0.3 is 0 Å². The number of nitrogens with one attached hydrogen (secondary N) is 1. The smallest absolute Gasteiger partial charge is 0.246 e. The number of aliphatic hydroxyl groups excluding tert-OH is 1. The molecule has 1 saturated carbocycles. The number of hydrazine groups is 1. The fourth-order valence-corrected chi connectivity index (χ4v) is 5.06. The number of aliphatic hydroxyl groups is 1. The third-order valence-corrected chi connectivity index (χ3v) is 5.44. The molecule has 2 aliphatic rings. The molecule has 2 N–H and O–H groups in total. The first-order valence-corrected chi connectivity index (χ1v) is 8.10. The molecule has 20 heavy (non-hydrogen) atoms. The van der Waals surface area contributed by atoms with E-state index in [1.54, 1.807) is 0 Å². The zero-order chi connectivity index (χ0) is 15.0. The third-order valence-electron chi connectivity index (χ3n) is 5.44. The minimum absolute atomic E-state index is 0.0513. The molecule has 1 heterocycles. The number of nitrogens with zero attached hydrogens (tertiary/aromatic N) is 1. The van der Waals surface area contributed by atoms with Gasteiger partial charge in [0.1, 0.15) is 4.87 Å². The van der Waals surface area contributed by atoms with E-state index in [1.165, 1.54) is 11.3 Å². The lowest BCUT2D eigenvalue weighted by atomic mass is 9.60. The van der Waals surface area contributed by atoms with Gasteiger partial charge in [-0.05, 0) is 44.9 Å². The maximum atomic E-state index is 12.9. The topological polar surface area (TPSA) is 52.3 Å². The van der Waals surface area contributed by atoms with Crippen LogP contribution in [0.2, 0.25) is 0 Å². The molecule has 1 aliphatic heterocycles. The minimum atomic E-state index is -0.335. The predicted octanol–water partition coefficient (Wildman–Crippen LogP) is 3.18. The largest absolute Gasteiger partial charge is 0.396 e. The Bertz CT molecular complexity index is 371. The molecular weight excluding hydrogens is 252 g/mol. The van der Waals surface area contributed by atoms with Crippen LogP contribution in [0.4, 0.5) is 0 Å². The molecule has 0 radical (unpaired) electrons. The van der Waals surface area contributed by atoms with Crippen molar-refractivity contribution in [3.63, 3.8) is 0 Å². The van der Waals surface area contributed by atoms with Gasteiger partial charge in [0.05, 0.1) is 10.4 Å². The highest BCUT2D eigenvalue weighted by Gasteiger charge is 2.61. The van der Waals surface area contributed by atoms with Gasteiger partial charge in [0.2, 0.25) is 5.54 Å². The van der Waals surface area contributed by atoms with Gasteiger partial charge in [-0.2, -0.15) is 0 Å². The van der Waals surface area contributed by atoms with E-state index in [2.05, 4.69) is 33.1 Å². The molecule has 2 fully saturated rings. The standard InChI is InChI=1S/C16H31N2O2/c1-14(2)12-15(3,4)17-18(20)16(13(14)8-11-19)9-6-5-7-10-16/h13,19H,5-12H2,1-4H3,(H,17,20)/q+1. The van der Waals surface area contributed by atoms with Crippen molar-refractivity contribution in [2.24, 2.45) is 11.3 Å². The molecule has 0 aromatic rings. The molecule has 2 rings (SSSR count). The summed E-state index contributed by atoms with van der Waals surface area (Å²) in [7, 11) is 0. The first-order chi connectivity index (χ1) is 9.23. The number of hydrogen-bond acceptors (Lipinski definition) is 2. The summed E-state index contributed by atoms with van der Waals surface area (Å²) in [5, 5.41) is 9.53. The summed E-state index contributed by atoms with van der Waals surface area (Å²) in [6.07, 6.45) is 7.05. The van der Waals surface area contributed by atoms with Crippen molar-refractivity contribution in [1.29, 1.82) is 0 Å². The molecule has 0 amide bonds. The molecule has 4 nitrogen and oxygen atoms in total. The number of nitroso groups, excluding NO2 is 1. The van der Waals surface area contributed by atoms with Gasteiger partial charge in [-0.3, -0.25) is 0 Å². The SMILES string of the molecule is CC1(C)CC(C)(C)C(CCO)C2(CCCCC2)[N+](=O)N1. The summed E-state index contributed by atoms with van der Waals surface area (Å²) >= 11 is 0. The lowest BCUT2D eigenvalue weighted by Crippen LogP contribution is -2.57. The zero-order valence-electron chi connectivity index (χ0n) is 13.5. The zero-order valence-corrected chi connectivity index (χ0v) is 13.5. The maximum Gasteiger partial charge on any atom is 0.246 e. The fourth-order valence-electron chi connectivity index (χ4n) is 5.06. The van der Waals surface area contributed by atoms with E-state index in [-0.39, 0.29) is 29.0 Å². The van der Waals surface area contributed by atoms with Crippen LogP contribution in [0.5, 0.6) is 0 Å². The van der Waals surface area contributed by atoms with E-state index in [1.807, 2.05) is 0 Å². The monoisotopic (exact) mass is 283 g/mol. The Morgan fingerprint density at radius 3 is 2.30 bits per heavy atom. The van der Waals surface area contributed by atoms with Crippen LogP contribution < -0.4 is 5.43 Å². The summed E-state index contributed by atoms with van der Waals surface area (Å²) in [5.41, 5.74) is 2.74. The van der Waals surface area contributed by atoms with E-state index in [9.17, 15) is 10.0 Å². The molecule has 0 aromatic heterocycles. The third kappa shape index (κ3) is 2.72. The average Bonchev–Trinajstić information content (AvgIpc) is 2.38. The second-order valence-electron chi connectivity index (χ2n) is 8.18. The summed E-state index contributed by atoms with van der Waals surface area (Å²) in [4.78, 5) is 14.1. The highest BCUT2D eigenvalue weighted by atomic mass is 16.3. The second kappa shape index (κ2) is 5.28. The Morgan fingerprint density at radius 1 is 1.15 bits per heavy atom. The van der Waals surface area contributed by atoms with E-state index in [0.29, 0.717) is 0 Å². The Hall–Kier alpha value is -0.640. The molecular formula is C16H31N2O2+. The van der Waals surface area contributed by atoms with Gasteiger partial charge in [-0.25, -0.2) is 0 Å². The Labute approximate surface area is 122 Å². The van der Waals surface area contributed by atoms with Crippen LogP contribution in [0.15, 0.2) is 0 Å². The van der Waals surface area contributed by atoms with Crippen molar-refractivity contribution in [2.75, 3.05) is 6.61 Å². The Morgan fingerprint density at radius 2 is 1.75 bits per heavy atom. The Kier molecular flexibility index (Phi) is 4.16. The highest BCUT2D eigenvalue weighted by molar-refractivity contribution is 5.00. The van der Waals surface area contributed by atoms with Crippen LogP contribution in [0.1, 0.15) is 72.6 Å². The molecule has 1 aliphatic carbocycles. The van der Waals surface area contributed by atoms with Gasteiger partial charge in [0.25, 0.3) is 0 Å². The Balaban J connectivity index is 2.45. The van der Waals surface area contributed by atoms with Crippen molar-refractivity contribution in [3.05, 3.63) is 4.91 Å². The second-order valence-corrected chi connectivity index (χ2v) is 8.18. The molecule has 1 spiro atoms. The average molecular weight is 283 g/mol. The van der Waals surface area contributed by atoms with E-state index in [0.717, 1.165) is 38.5 Å². The minimum Gasteiger partial charge on any atom is -0.396 e. The fraction of sp³-hybridized carbons (Fsp3) is 1.00. The molecule has 1 unspecified atom stereocenters. The van der Waals surface area contributed by atoms with Crippen LogP contribution in [0.3, 0.4) is 0 Å². The van der Waals surface area contributed by atoms with Crippen LogP contribution in [-0.2, 0) is 0 Å². The van der Waals surface area contributed by atoms with Crippen molar-refractivity contribution in [3.8, 4) is 0 Å². The highest BCUT2D eigenvalue weighted by Crippen LogP contribution is 2.51. The number of rotatable bonds is 2. The summed E-state index contributed by atoms with van der Waals surface area (Å²) in [5.74, 6) is 0.243. The molecule has 116 valence electrons. The van der Waals surface area contributed by atoms with Crippen LogP contribution in [0.25, 0.3) is 0 Å². The quantitative estimate of drug-likeness (QED) is 0.765. The van der Waals surface area contributed by atoms with Crippen LogP contribution in [0, 0.1) is 16.2 Å². The van der Waals surface area contributed by atoms with E-state index in [4.69, 9.17) is 0 Å². The van der Waals surface area contributed by atoms with Crippen molar-refractivity contribution in [2.45, 2.75) is 83.7 Å².